The number of rotatable bonds is 5. The topological polar surface area (TPSA) is 43.3 Å². The van der Waals surface area contributed by atoms with E-state index in [1.165, 1.54) is 11.1 Å². The highest BCUT2D eigenvalue weighted by Crippen LogP contribution is 2.26. The average Bonchev–Trinajstić information content (AvgIpc) is 3.15. The van der Waals surface area contributed by atoms with Crippen molar-refractivity contribution < 1.29 is 9.53 Å². The second kappa shape index (κ2) is 7.48. The SMILES string of the molecule is O=C(NCC1COc2ccccc2C1)c1cccn1Cc1ccccc1. The number of carbonyl (C=O) groups excluding carboxylic acids is 1. The lowest BCUT2D eigenvalue weighted by Gasteiger charge is -2.25. The van der Waals surface area contributed by atoms with Crippen molar-refractivity contribution in [1.82, 2.24) is 9.88 Å². The number of hydrogen-bond acceptors (Lipinski definition) is 2. The zero-order chi connectivity index (χ0) is 17.8. The van der Waals surface area contributed by atoms with Gasteiger partial charge in [0.25, 0.3) is 5.91 Å². The lowest BCUT2D eigenvalue weighted by molar-refractivity contribution is 0.0930. The quantitative estimate of drug-likeness (QED) is 0.768. The number of nitrogens with zero attached hydrogens (tertiary/aromatic N) is 1. The fourth-order valence-electron chi connectivity index (χ4n) is 3.39. The molecule has 132 valence electrons. The minimum Gasteiger partial charge on any atom is -0.493 e. The summed E-state index contributed by atoms with van der Waals surface area (Å²) in [5.74, 6) is 1.22. The fourth-order valence-corrected chi connectivity index (χ4v) is 3.39. The molecule has 1 aromatic heterocycles. The summed E-state index contributed by atoms with van der Waals surface area (Å²) in [6.07, 6.45) is 2.88. The molecule has 2 heterocycles. The monoisotopic (exact) mass is 346 g/mol. The molecule has 0 bridgehead atoms. The molecule has 26 heavy (non-hydrogen) atoms. The summed E-state index contributed by atoms with van der Waals surface area (Å²) in [5, 5.41) is 3.07. The van der Waals surface area contributed by atoms with Crippen molar-refractivity contribution in [2.45, 2.75) is 13.0 Å². The second-order valence-electron chi connectivity index (χ2n) is 6.71. The molecule has 1 aliphatic rings. The van der Waals surface area contributed by atoms with Gasteiger partial charge in [-0.05, 0) is 35.7 Å². The van der Waals surface area contributed by atoms with Gasteiger partial charge >= 0.3 is 0 Å². The summed E-state index contributed by atoms with van der Waals surface area (Å²) in [6, 6.07) is 22.0. The molecule has 0 saturated heterocycles. The largest absolute Gasteiger partial charge is 0.493 e. The van der Waals surface area contributed by atoms with Crippen LogP contribution in [0.25, 0.3) is 0 Å². The number of aromatic nitrogens is 1. The fraction of sp³-hybridized carbons (Fsp3) is 0.227. The van der Waals surface area contributed by atoms with E-state index in [0.717, 1.165) is 12.2 Å². The number of benzene rings is 2. The van der Waals surface area contributed by atoms with E-state index in [1.807, 2.05) is 59.3 Å². The zero-order valence-corrected chi connectivity index (χ0v) is 14.6. The number of hydrogen-bond donors (Lipinski definition) is 1. The Bertz CT molecular complexity index is 886. The molecular weight excluding hydrogens is 324 g/mol. The average molecular weight is 346 g/mol. The minimum atomic E-state index is -0.0372. The first-order chi connectivity index (χ1) is 12.8. The molecule has 0 saturated carbocycles. The van der Waals surface area contributed by atoms with E-state index in [0.29, 0.717) is 31.3 Å². The number of para-hydroxylation sites is 1. The summed E-state index contributed by atoms with van der Waals surface area (Å²) in [7, 11) is 0. The lowest BCUT2D eigenvalue weighted by atomic mass is 9.97. The van der Waals surface area contributed by atoms with Crippen LogP contribution in [0.5, 0.6) is 5.75 Å². The van der Waals surface area contributed by atoms with Gasteiger partial charge in [0, 0.05) is 25.2 Å². The summed E-state index contributed by atoms with van der Waals surface area (Å²) in [6.45, 7) is 1.95. The van der Waals surface area contributed by atoms with Gasteiger partial charge in [-0.15, -0.1) is 0 Å². The van der Waals surface area contributed by atoms with Crippen LogP contribution in [-0.4, -0.2) is 23.6 Å². The third-order valence-electron chi connectivity index (χ3n) is 4.76. The smallest absolute Gasteiger partial charge is 0.267 e. The van der Waals surface area contributed by atoms with Crippen molar-refractivity contribution in [3.8, 4) is 5.75 Å². The summed E-state index contributed by atoms with van der Waals surface area (Å²) < 4.78 is 7.79. The van der Waals surface area contributed by atoms with Gasteiger partial charge in [0.1, 0.15) is 11.4 Å². The first-order valence-corrected chi connectivity index (χ1v) is 8.97. The van der Waals surface area contributed by atoms with E-state index in [-0.39, 0.29) is 5.91 Å². The minimum absolute atomic E-state index is 0.0372. The van der Waals surface area contributed by atoms with Crippen molar-refractivity contribution >= 4 is 5.91 Å². The maximum absolute atomic E-state index is 12.6. The third-order valence-corrected chi connectivity index (χ3v) is 4.76. The molecule has 1 atom stereocenters. The van der Waals surface area contributed by atoms with Crippen LogP contribution >= 0.6 is 0 Å². The molecule has 3 aromatic rings. The van der Waals surface area contributed by atoms with Gasteiger partial charge < -0.3 is 14.6 Å². The van der Waals surface area contributed by atoms with E-state index < -0.39 is 0 Å². The van der Waals surface area contributed by atoms with Gasteiger partial charge in [0.15, 0.2) is 0 Å². The molecule has 1 aliphatic heterocycles. The van der Waals surface area contributed by atoms with Gasteiger partial charge in [0.05, 0.1) is 6.61 Å². The number of nitrogens with one attached hydrogen (secondary N) is 1. The molecule has 1 amide bonds. The van der Waals surface area contributed by atoms with Crippen LogP contribution in [0.4, 0.5) is 0 Å². The predicted molar refractivity (Wildman–Crippen MR) is 101 cm³/mol. The van der Waals surface area contributed by atoms with Crippen LogP contribution in [0.2, 0.25) is 0 Å². The van der Waals surface area contributed by atoms with Crippen LogP contribution < -0.4 is 10.1 Å². The molecule has 1 unspecified atom stereocenters. The maximum Gasteiger partial charge on any atom is 0.267 e. The first-order valence-electron chi connectivity index (χ1n) is 8.97. The molecule has 4 nitrogen and oxygen atoms in total. The van der Waals surface area contributed by atoms with E-state index in [1.54, 1.807) is 0 Å². The van der Waals surface area contributed by atoms with Crippen LogP contribution in [-0.2, 0) is 13.0 Å². The normalized spacial score (nSPS) is 15.8. The lowest BCUT2D eigenvalue weighted by Crippen LogP contribution is -2.35. The van der Waals surface area contributed by atoms with Crippen LogP contribution in [0.15, 0.2) is 72.9 Å². The Morgan fingerprint density at radius 2 is 1.85 bits per heavy atom. The van der Waals surface area contributed by atoms with Crippen LogP contribution in [0.1, 0.15) is 21.6 Å². The van der Waals surface area contributed by atoms with Gasteiger partial charge in [-0.3, -0.25) is 4.79 Å². The molecule has 1 N–H and O–H groups in total. The van der Waals surface area contributed by atoms with Crippen molar-refractivity contribution in [2.75, 3.05) is 13.2 Å². The van der Waals surface area contributed by atoms with E-state index in [9.17, 15) is 4.79 Å². The first kappa shape index (κ1) is 16.5. The van der Waals surface area contributed by atoms with Gasteiger partial charge in [0.2, 0.25) is 0 Å². The molecule has 0 aliphatic carbocycles. The Balaban J connectivity index is 1.37. The Hall–Kier alpha value is -3.01. The standard InChI is InChI=1S/C22H22N2O2/c25-22(20-10-6-12-24(20)15-17-7-2-1-3-8-17)23-14-18-13-19-9-4-5-11-21(19)26-16-18/h1-12,18H,13-16H2,(H,23,25). The molecule has 0 fully saturated rings. The Labute approximate surface area is 153 Å². The van der Waals surface area contributed by atoms with Gasteiger partial charge in [-0.1, -0.05) is 48.5 Å². The maximum atomic E-state index is 12.6. The molecule has 0 spiro atoms. The number of ether oxygens (including phenoxy) is 1. The highest BCUT2D eigenvalue weighted by Gasteiger charge is 2.20. The van der Waals surface area contributed by atoms with Crippen molar-refractivity contribution in [2.24, 2.45) is 5.92 Å². The highest BCUT2D eigenvalue weighted by molar-refractivity contribution is 5.92. The van der Waals surface area contributed by atoms with Gasteiger partial charge in [-0.2, -0.15) is 0 Å². The molecule has 0 radical (unpaired) electrons. The molecule has 2 aromatic carbocycles. The predicted octanol–water partition coefficient (Wildman–Crippen LogP) is 3.52. The third kappa shape index (κ3) is 3.64. The van der Waals surface area contributed by atoms with Crippen LogP contribution in [0.3, 0.4) is 0 Å². The highest BCUT2D eigenvalue weighted by atomic mass is 16.5. The Kier molecular flexibility index (Phi) is 4.73. The molecule has 4 heteroatoms. The summed E-state index contributed by atoms with van der Waals surface area (Å²) >= 11 is 0. The van der Waals surface area contributed by atoms with Gasteiger partial charge in [-0.25, -0.2) is 0 Å². The Morgan fingerprint density at radius 3 is 2.73 bits per heavy atom. The molecular formula is C22H22N2O2. The number of amides is 1. The zero-order valence-electron chi connectivity index (χ0n) is 14.6. The van der Waals surface area contributed by atoms with Crippen LogP contribution in [0, 0.1) is 5.92 Å². The number of carbonyl (C=O) groups is 1. The molecule has 4 rings (SSSR count). The van der Waals surface area contributed by atoms with E-state index >= 15 is 0 Å². The Morgan fingerprint density at radius 1 is 1.04 bits per heavy atom. The second-order valence-corrected chi connectivity index (χ2v) is 6.71. The summed E-state index contributed by atoms with van der Waals surface area (Å²) in [5.41, 5.74) is 3.08. The summed E-state index contributed by atoms with van der Waals surface area (Å²) in [4.78, 5) is 12.6. The van der Waals surface area contributed by atoms with Crippen molar-refractivity contribution in [3.63, 3.8) is 0 Å². The number of fused-ring (bicyclic) bond motifs is 1. The van der Waals surface area contributed by atoms with E-state index in [4.69, 9.17) is 4.74 Å². The van der Waals surface area contributed by atoms with Crippen molar-refractivity contribution in [1.29, 1.82) is 0 Å². The van der Waals surface area contributed by atoms with E-state index in [2.05, 4.69) is 23.5 Å². The van der Waals surface area contributed by atoms with Crippen molar-refractivity contribution in [3.05, 3.63) is 89.7 Å².